The summed E-state index contributed by atoms with van der Waals surface area (Å²) in [6.07, 6.45) is 2.74. The van der Waals surface area contributed by atoms with Crippen LogP contribution in [0, 0.1) is 0 Å². The number of rotatable bonds is 4. The quantitative estimate of drug-likeness (QED) is 0.707. The first-order valence-electron chi connectivity index (χ1n) is 5.73. The molecule has 0 aromatic rings. The fourth-order valence-electron chi connectivity index (χ4n) is 2.20. The molecule has 1 fully saturated rings. The van der Waals surface area contributed by atoms with Crippen molar-refractivity contribution in [3.05, 3.63) is 0 Å². The van der Waals surface area contributed by atoms with Crippen LogP contribution in [0.5, 0.6) is 0 Å². The molecule has 0 aliphatic carbocycles. The van der Waals surface area contributed by atoms with Crippen molar-refractivity contribution in [2.24, 2.45) is 5.73 Å². The molecule has 1 aliphatic heterocycles. The molecule has 1 aliphatic rings. The number of nitrogens with zero attached hydrogens (tertiary/aromatic N) is 1. The van der Waals surface area contributed by atoms with Crippen molar-refractivity contribution < 1.29 is 4.79 Å². The molecule has 3 atom stereocenters. The van der Waals surface area contributed by atoms with Crippen LogP contribution >= 0.6 is 0 Å². The van der Waals surface area contributed by atoms with Crippen molar-refractivity contribution in [3.63, 3.8) is 0 Å². The maximum Gasteiger partial charge on any atom is 0.218 e. The minimum atomic E-state index is -0.226. The van der Waals surface area contributed by atoms with Crippen LogP contribution in [0.25, 0.3) is 0 Å². The molecule has 0 aromatic heterocycles. The predicted molar refractivity (Wildman–Crippen MR) is 61.5 cm³/mol. The van der Waals surface area contributed by atoms with E-state index in [9.17, 15) is 4.79 Å². The van der Waals surface area contributed by atoms with Gasteiger partial charge in [0.05, 0.1) is 0 Å². The third-order valence-electron chi connectivity index (χ3n) is 3.24. The summed E-state index contributed by atoms with van der Waals surface area (Å²) in [6, 6.07) is 1.35. The third kappa shape index (κ3) is 4.18. The van der Waals surface area contributed by atoms with Gasteiger partial charge in [0.2, 0.25) is 5.91 Å². The van der Waals surface area contributed by atoms with E-state index < -0.39 is 0 Å². The number of piperidine rings is 1. The zero-order valence-corrected chi connectivity index (χ0v) is 9.99. The van der Waals surface area contributed by atoms with Crippen molar-refractivity contribution in [1.82, 2.24) is 10.2 Å². The molecular formula is C11H23N3O. The summed E-state index contributed by atoms with van der Waals surface area (Å²) in [5, 5.41) is 3.47. The summed E-state index contributed by atoms with van der Waals surface area (Å²) in [7, 11) is 2.16. The molecule has 0 radical (unpaired) electrons. The van der Waals surface area contributed by atoms with Crippen molar-refractivity contribution in [2.45, 2.75) is 51.2 Å². The van der Waals surface area contributed by atoms with E-state index in [4.69, 9.17) is 5.73 Å². The Balaban J connectivity index is 2.30. The average molecular weight is 213 g/mol. The highest BCUT2D eigenvalue weighted by Gasteiger charge is 2.23. The van der Waals surface area contributed by atoms with E-state index in [2.05, 4.69) is 24.2 Å². The number of carbonyl (C=O) groups excluding carboxylic acids is 1. The van der Waals surface area contributed by atoms with Gasteiger partial charge in [-0.15, -0.1) is 0 Å². The Bertz CT molecular complexity index is 220. The second-order valence-electron chi connectivity index (χ2n) is 4.79. The fraction of sp³-hybridized carbons (Fsp3) is 0.909. The highest BCUT2D eigenvalue weighted by Crippen LogP contribution is 2.15. The minimum Gasteiger partial charge on any atom is -0.370 e. The summed E-state index contributed by atoms with van der Waals surface area (Å²) in [6.45, 7) is 5.39. The first kappa shape index (κ1) is 12.5. The lowest BCUT2D eigenvalue weighted by atomic mass is 9.98. The monoisotopic (exact) mass is 213 g/mol. The van der Waals surface area contributed by atoms with E-state index in [-0.39, 0.29) is 11.9 Å². The second kappa shape index (κ2) is 5.47. The molecular weight excluding hydrogens is 190 g/mol. The predicted octanol–water partition coefficient (Wildman–Crippen LogP) is 0.323. The van der Waals surface area contributed by atoms with Gasteiger partial charge in [-0.3, -0.25) is 4.79 Å². The second-order valence-corrected chi connectivity index (χ2v) is 4.79. The Hall–Kier alpha value is -0.610. The Morgan fingerprint density at radius 1 is 1.67 bits per heavy atom. The molecule has 0 spiro atoms. The summed E-state index contributed by atoms with van der Waals surface area (Å²) >= 11 is 0. The maximum absolute atomic E-state index is 10.7. The zero-order valence-electron chi connectivity index (χ0n) is 9.99. The number of carbonyl (C=O) groups is 1. The number of primary amides is 1. The van der Waals surface area contributed by atoms with E-state index >= 15 is 0 Å². The largest absolute Gasteiger partial charge is 0.370 e. The Kier molecular flexibility index (Phi) is 4.54. The number of hydrogen-bond acceptors (Lipinski definition) is 3. The lowest BCUT2D eigenvalue weighted by molar-refractivity contribution is -0.118. The number of amides is 1. The van der Waals surface area contributed by atoms with Gasteiger partial charge in [-0.2, -0.15) is 0 Å². The molecule has 88 valence electrons. The zero-order chi connectivity index (χ0) is 11.4. The molecule has 15 heavy (non-hydrogen) atoms. The van der Waals surface area contributed by atoms with Crippen LogP contribution in [0.3, 0.4) is 0 Å². The van der Waals surface area contributed by atoms with Gasteiger partial charge in [0.25, 0.3) is 0 Å². The average Bonchev–Trinajstić information content (AvgIpc) is 2.10. The van der Waals surface area contributed by atoms with E-state index in [0.717, 1.165) is 19.4 Å². The van der Waals surface area contributed by atoms with Gasteiger partial charge < -0.3 is 16.0 Å². The molecule has 4 heteroatoms. The summed E-state index contributed by atoms with van der Waals surface area (Å²) in [5.41, 5.74) is 5.16. The van der Waals surface area contributed by atoms with Crippen LogP contribution in [0.2, 0.25) is 0 Å². The van der Waals surface area contributed by atoms with Crippen LogP contribution in [0.15, 0.2) is 0 Å². The van der Waals surface area contributed by atoms with Crippen LogP contribution in [-0.2, 0) is 4.79 Å². The van der Waals surface area contributed by atoms with Crippen LogP contribution in [-0.4, -0.2) is 42.5 Å². The molecule has 1 saturated heterocycles. The molecule has 3 N–H and O–H groups in total. The smallest absolute Gasteiger partial charge is 0.218 e. The SMILES string of the molecule is CC(CC(N)=O)NC1CCN(C)C(C)C1. The first-order chi connectivity index (χ1) is 6.99. The lowest BCUT2D eigenvalue weighted by Crippen LogP contribution is -2.48. The summed E-state index contributed by atoms with van der Waals surface area (Å²) in [4.78, 5) is 13.1. The van der Waals surface area contributed by atoms with E-state index in [1.165, 1.54) is 0 Å². The number of likely N-dealkylation sites (tertiary alicyclic amines) is 1. The van der Waals surface area contributed by atoms with Gasteiger partial charge in [-0.25, -0.2) is 0 Å². The lowest BCUT2D eigenvalue weighted by Gasteiger charge is -2.36. The van der Waals surface area contributed by atoms with Crippen molar-refractivity contribution >= 4 is 5.91 Å². The van der Waals surface area contributed by atoms with Crippen LogP contribution in [0.4, 0.5) is 0 Å². The van der Waals surface area contributed by atoms with Gasteiger partial charge in [0.1, 0.15) is 0 Å². The fourth-order valence-corrected chi connectivity index (χ4v) is 2.20. The third-order valence-corrected chi connectivity index (χ3v) is 3.24. The van der Waals surface area contributed by atoms with Crippen LogP contribution < -0.4 is 11.1 Å². The van der Waals surface area contributed by atoms with E-state index in [1.54, 1.807) is 0 Å². The molecule has 1 heterocycles. The van der Waals surface area contributed by atoms with Crippen molar-refractivity contribution in [2.75, 3.05) is 13.6 Å². The van der Waals surface area contributed by atoms with E-state index in [1.807, 2.05) is 6.92 Å². The highest BCUT2D eigenvalue weighted by molar-refractivity contribution is 5.74. The molecule has 1 rings (SSSR count). The Morgan fingerprint density at radius 3 is 2.87 bits per heavy atom. The summed E-state index contributed by atoms with van der Waals surface area (Å²) < 4.78 is 0. The first-order valence-corrected chi connectivity index (χ1v) is 5.73. The van der Waals surface area contributed by atoms with Crippen molar-refractivity contribution in [3.8, 4) is 0 Å². The van der Waals surface area contributed by atoms with Crippen LogP contribution in [0.1, 0.15) is 33.1 Å². The number of nitrogens with one attached hydrogen (secondary N) is 1. The van der Waals surface area contributed by atoms with Gasteiger partial charge >= 0.3 is 0 Å². The molecule has 0 bridgehead atoms. The minimum absolute atomic E-state index is 0.197. The molecule has 0 aromatic carbocycles. The Morgan fingerprint density at radius 2 is 2.33 bits per heavy atom. The molecule has 1 amide bonds. The molecule has 0 saturated carbocycles. The standard InChI is InChI=1S/C11H23N3O/c1-8(6-11(12)15)13-10-4-5-14(3)9(2)7-10/h8-10,13H,4-7H2,1-3H3,(H2,12,15). The number of hydrogen-bond donors (Lipinski definition) is 2. The Labute approximate surface area is 92.2 Å². The molecule has 4 nitrogen and oxygen atoms in total. The number of nitrogens with two attached hydrogens (primary N) is 1. The van der Waals surface area contributed by atoms with E-state index in [0.29, 0.717) is 18.5 Å². The van der Waals surface area contributed by atoms with Gasteiger partial charge in [0.15, 0.2) is 0 Å². The van der Waals surface area contributed by atoms with Gasteiger partial charge in [-0.1, -0.05) is 0 Å². The molecule has 3 unspecified atom stereocenters. The highest BCUT2D eigenvalue weighted by atomic mass is 16.1. The topological polar surface area (TPSA) is 58.4 Å². The normalized spacial score (nSPS) is 30.1. The maximum atomic E-state index is 10.7. The van der Waals surface area contributed by atoms with Gasteiger partial charge in [0, 0.05) is 24.5 Å². The van der Waals surface area contributed by atoms with Crippen molar-refractivity contribution in [1.29, 1.82) is 0 Å². The van der Waals surface area contributed by atoms with Gasteiger partial charge in [-0.05, 0) is 40.3 Å². The summed E-state index contributed by atoms with van der Waals surface area (Å²) in [5.74, 6) is -0.226.